The lowest BCUT2D eigenvalue weighted by Crippen LogP contribution is -2.44. The lowest BCUT2D eigenvalue weighted by molar-refractivity contribution is -0.380. The van der Waals surface area contributed by atoms with Crippen LogP contribution in [0.4, 0.5) is 0 Å². The van der Waals surface area contributed by atoms with E-state index in [1.54, 1.807) is 21.3 Å². The van der Waals surface area contributed by atoms with Gasteiger partial charge in [0.15, 0.2) is 0 Å². The summed E-state index contributed by atoms with van der Waals surface area (Å²) in [5, 5.41) is 0. The Morgan fingerprint density at radius 3 is 1.19 bits per heavy atom. The van der Waals surface area contributed by atoms with Crippen LogP contribution in [0, 0.1) is 5.92 Å². The highest BCUT2D eigenvalue weighted by atomic mass is 16.9. The van der Waals surface area contributed by atoms with E-state index in [1.165, 1.54) is 142 Å². The van der Waals surface area contributed by atoms with E-state index < -0.39 is 5.97 Å². The van der Waals surface area contributed by atoms with E-state index in [4.69, 9.17) is 14.2 Å². The van der Waals surface area contributed by atoms with Crippen molar-refractivity contribution in [2.24, 2.45) is 5.92 Å². The van der Waals surface area contributed by atoms with Crippen LogP contribution >= 0.6 is 0 Å². The quantitative estimate of drug-likeness (QED) is 0.0735. The van der Waals surface area contributed by atoms with Gasteiger partial charge in [0.1, 0.15) is 0 Å². The second-order valence-corrected chi connectivity index (χ2v) is 11.0. The molecule has 0 heterocycles. The number of ether oxygens (including phenoxy) is 3. The zero-order valence-corrected chi connectivity index (χ0v) is 25.7. The van der Waals surface area contributed by atoms with Crippen LogP contribution in [0.5, 0.6) is 0 Å². The van der Waals surface area contributed by atoms with Crippen molar-refractivity contribution in [3.8, 4) is 0 Å². The maximum absolute atomic E-state index is 5.82. The summed E-state index contributed by atoms with van der Waals surface area (Å²) in [6.07, 6.45) is 27.8. The highest BCUT2D eigenvalue weighted by Gasteiger charge is 2.39. The molecule has 0 aliphatic heterocycles. The molecule has 0 rings (SSSR count). The molecule has 0 aromatic rings. The minimum absolute atomic E-state index is 0.272. The van der Waals surface area contributed by atoms with Gasteiger partial charge in [-0.25, -0.2) is 0 Å². The summed E-state index contributed by atoms with van der Waals surface area (Å²) in [5.74, 6) is -0.638. The van der Waals surface area contributed by atoms with Crippen LogP contribution in [0.1, 0.15) is 156 Å². The number of nitrogens with zero attached hydrogens (tertiary/aromatic N) is 1. The zero-order chi connectivity index (χ0) is 26.7. The van der Waals surface area contributed by atoms with Crippen LogP contribution in [0.15, 0.2) is 0 Å². The van der Waals surface area contributed by atoms with Crippen molar-refractivity contribution in [2.75, 3.05) is 41.0 Å². The standard InChI is InChI=1S/C32H67NO3/c1-7-10-13-16-19-22-26-31(32(34-4,35-5)36-6)27-25-30-33(28-23-20-17-14-11-8-2)29-24-21-18-15-12-9-3/h31H,7-30H2,1-6H3. The largest absolute Gasteiger partial charge is 0.331 e. The maximum atomic E-state index is 5.82. The van der Waals surface area contributed by atoms with Crippen LogP contribution in [0.25, 0.3) is 0 Å². The molecule has 0 aliphatic rings. The van der Waals surface area contributed by atoms with E-state index in [1.807, 2.05) is 0 Å². The Kier molecular flexibility index (Phi) is 26.3. The highest BCUT2D eigenvalue weighted by Crippen LogP contribution is 2.32. The molecule has 0 saturated heterocycles. The molecule has 218 valence electrons. The molecule has 36 heavy (non-hydrogen) atoms. The molecule has 1 atom stereocenters. The van der Waals surface area contributed by atoms with Gasteiger partial charge in [0.05, 0.1) is 0 Å². The van der Waals surface area contributed by atoms with Crippen LogP contribution in [-0.2, 0) is 14.2 Å². The average molecular weight is 514 g/mol. The van der Waals surface area contributed by atoms with E-state index in [0.717, 1.165) is 12.8 Å². The van der Waals surface area contributed by atoms with Crippen molar-refractivity contribution in [2.45, 2.75) is 162 Å². The third-order valence-electron chi connectivity index (χ3n) is 7.94. The molecule has 0 aromatic carbocycles. The van der Waals surface area contributed by atoms with Gasteiger partial charge in [-0.2, -0.15) is 0 Å². The molecule has 0 bridgehead atoms. The van der Waals surface area contributed by atoms with Gasteiger partial charge in [-0.05, 0) is 51.7 Å². The molecule has 0 aromatic heterocycles. The molecule has 0 spiro atoms. The van der Waals surface area contributed by atoms with Gasteiger partial charge in [0.2, 0.25) is 0 Å². The first-order valence-corrected chi connectivity index (χ1v) is 16.0. The smallest absolute Gasteiger partial charge is 0.285 e. The van der Waals surface area contributed by atoms with E-state index in [2.05, 4.69) is 25.7 Å². The van der Waals surface area contributed by atoms with Crippen LogP contribution in [-0.4, -0.2) is 51.8 Å². The first-order valence-electron chi connectivity index (χ1n) is 16.0. The van der Waals surface area contributed by atoms with Gasteiger partial charge >= 0.3 is 0 Å². The Hall–Kier alpha value is -0.160. The predicted octanol–water partition coefficient (Wildman–Crippen LogP) is 9.75. The summed E-state index contributed by atoms with van der Waals surface area (Å²) in [5.41, 5.74) is 0. The fraction of sp³-hybridized carbons (Fsp3) is 1.00. The number of unbranched alkanes of at least 4 members (excludes halogenated alkanes) is 15. The second kappa shape index (κ2) is 26.4. The van der Waals surface area contributed by atoms with Crippen LogP contribution < -0.4 is 0 Å². The molecule has 0 saturated carbocycles. The van der Waals surface area contributed by atoms with Crippen molar-refractivity contribution in [3.05, 3.63) is 0 Å². The van der Waals surface area contributed by atoms with Crippen LogP contribution in [0.2, 0.25) is 0 Å². The summed E-state index contributed by atoms with van der Waals surface area (Å²) in [6.45, 7) is 10.6. The molecular weight excluding hydrogens is 446 g/mol. The average Bonchev–Trinajstić information content (AvgIpc) is 2.90. The minimum atomic E-state index is -0.910. The normalized spacial score (nSPS) is 13.1. The highest BCUT2D eigenvalue weighted by molar-refractivity contribution is 4.73. The van der Waals surface area contributed by atoms with Crippen molar-refractivity contribution >= 4 is 0 Å². The van der Waals surface area contributed by atoms with Gasteiger partial charge in [0.25, 0.3) is 5.97 Å². The Morgan fingerprint density at radius 2 is 0.778 bits per heavy atom. The van der Waals surface area contributed by atoms with Gasteiger partial charge in [-0.3, -0.25) is 0 Å². The van der Waals surface area contributed by atoms with Gasteiger partial charge in [0, 0.05) is 27.2 Å². The Morgan fingerprint density at radius 1 is 0.444 bits per heavy atom. The fourth-order valence-corrected chi connectivity index (χ4v) is 5.55. The molecule has 1 unspecified atom stereocenters. The molecule has 0 N–H and O–H groups in total. The Labute approximate surface area is 227 Å². The molecule has 4 heteroatoms. The number of hydrogen-bond acceptors (Lipinski definition) is 4. The number of methoxy groups -OCH3 is 3. The van der Waals surface area contributed by atoms with Gasteiger partial charge in [-0.15, -0.1) is 0 Å². The van der Waals surface area contributed by atoms with Gasteiger partial charge in [-0.1, -0.05) is 124 Å². The lowest BCUT2D eigenvalue weighted by atomic mass is 9.92. The first-order chi connectivity index (χ1) is 17.6. The topological polar surface area (TPSA) is 30.9 Å². The maximum Gasteiger partial charge on any atom is 0.285 e. The van der Waals surface area contributed by atoms with E-state index >= 15 is 0 Å². The lowest BCUT2D eigenvalue weighted by Gasteiger charge is -2.37. The van der Waals surface area contributed by atoms with Crippen LogP contribution in [0.3, 0.4) is 0 Å². The fourth-order valence-electron chi connectivity index (χ4n) is 5.55. The molecule has 0 amide bonds. The van der Waals surface area contributed by atoms with E-state index in [-0.39, 0.29) is 5.92 Å². The number of rotatable bonds is 29. The third kappa shape index (κ3) is 18.2. The Bertz CT molecular complexity index is 403. The molecule has 0 radical (unpaired) electrons. The van der Waals surface area contributed by atoms with Crippen molar-refractivity contribution < 1.29 is 14.2 Å². The Balaban J connectivity index is 4.73. The molecule has 0 aliphatic carbocycles. The first kappa shape index (κ1) is 35.8. The predicted molar refractivity (Wildman–Crippen MR) is 158 cm³/mol. The summed E-state index contributed by atoms with van der Waals surface area (Å²) < 4.78 is 17.5. The van der Waals surface area contributed by atoms with Crippen molar-refractivity contribution in [3.63, 3.8) is 0 Å². The minimum Gasteiger partial charge on any atom is -0.331 e. The van der Waals surface area contributed by atoms with Crippen molar-refractivity contribution in [1.29, 1.82) is 0 Å². The monoisotopic (exact) mass is 514 g/mol. The second-order valence-electron chi connectivity index (χ2n) is 11.0. The summed E-state index contributed by atoms with van der Waals surface area (Å²) in [7, 11) is 5.18. The third-order valence-corrected chi connectivity index (χ3v) is 7.94. The van der Waals surface area contributed by atoms with E-state index in [9.17, 15) is 0 Å². The van der Waals surface area contributed by atoms with E-state index in [0.29, 0.717) is 0 Å². The molecular formula is C32H67NO3. The number of hydrogen-bond donors (Lipinski definition) is 0. The summed E-state index contributed by atoms with van der Waals surface area (Å²) in [6, 6.07) is 0. The van der Waals surface area contributed by atoms with Crippen molar-refractivity contribution in [1.82, 2.24) is 4.90 Å². The summed E-state index contributed by atoms with van der Waals surface area (Å²) in [4.78, 5) is 2.75. The SMILES string of the molecule is CCCCCCCCC(CCCN(CCCCCCCC)CCCCCCCC)C(OC)(OC)OC. The summed E-state index contributed by atoms with van der Waals surface area (Å²) >= 11 is 0. The zero-order valence-electron chi connectivity index (χ0n) is 25.7. The molecule has 0 fully saturated rings. The van der Waals surface area contributed by atoms with Gasteiger partial charge < -0.3 is 19.1 Å². The molecule has 4 nitrogen and oxygen atoms in total.